The van der Waals surface area contributed by atoms with Crippen LogP contribution in [0.1, 0.15) is 10.4 Å². The van der Waals surface area contributed by atoms with Crippen LogP contribution in [0.3, 0.4) is 0 Å². The molecule has 8 heteroatoms. The molecule has 0 atom stereocenters. The van der Waals surface area contributed by atoms with E-state index in [2.05, 4.69) is 32.1 Å². The minimum atomic E-state index is -0.473. The molecule has 3 rings (SSSR count). The summed E-state index contributed by atoms with van der Waals surface area (Å²) in [6.07, 6.45) is 3.03. The maximum absolute atomic E-state index is 12.3. The number of carbonyl (C=O) groups excluding carboxylic acids is 1. The lowest BCUT2D eigenvalue weighted by Gasteiger charge is -2.33. The second-order valence-corrected chi connectivity index (χ2v) is 5.84. The number of aryl methyl sites for hydroxylation is 1. The Balaban J connectivity index is 1.76. The van der Waals surface area contributed by atoms with E-state index in [4.69, 9.17) is 0 Å². The number of likely N-dealkylation sites (N-methyl/N-ethyl adjacent to an activating group) is 1. The minimum absolute atomic E-state index is 0.0831. The molecule has 0 radical (unpaired) electrons. The Hall–Kier alpha value is -2.74. The van der Waals surface area contributed by atoms with E-state index in [-0.39, 0.29) is 11.1 Å². The molecule has 0 aliphatic carbocycles. The van der Waals surface area contributed by atoms with Gasteiger partial charge in [-0.25, -0.2) is 9.97 Å². The highest BCUT2D eigenvalue weighted by molar-refractivity contribution is 6.03. The number of hydrogen-bond acceptors (Lipinski definition) is 6. The summed E-state index contributed by atoms with van der Waals surface area (Å²) < 4.78 is 1.37. The van der Waals surface area contributed by atoms with E-state index in [1.807, 2.05) is 0 Å². The number of hydrogen-bond donors (Lipinski definition) is 1. The summed E-state index contributed by atoms with van der Waals surface area (Å²) in [6.45, 7) is 3.68. The molecule has 1 aliphatic heterocycles. The Morgan fingerprint density at radius 2 is 1.92 bits per heavy atom. The fraction of sp³-hybridized carbons (Fsp3) is 0.375. The molecule has 0 bridgehead atoms. The number of nitrogens with zero attached hydrogens (tertiary/aromatic N) is 5. The van der Waals surface area contributed by atoms with Gasteiger partial charge in [0, 0.05) is 45.5 Å². The molecule has 1 fully saturated rings. The SMILES string of the molecule is CN1CCN(c2cc(NC(=O)c3cccn(C)c3=O)ncn2)CC1. The summed E-state index contributed by atoms with van der Waals surface area (Å²) in [5.74, 6) is 0.684. The van der Waals surface area contributed by atoms with Crippen molar-refractivity contribution < 1.29 is 4.79 Å². The first kappa shape index (κ1) is 16.1. The van der Waals surface area contributed by atoms with E-state index in [9.17, 15) is 9.59 Å². The lowest BCUT2D eigenvalue weighted by Crippen LogP contribution is -2.44. The second-order valence-electron chi connectivity index (χ2n) is 5.84. The third-order valence-corrected chi connectivity index (χ3v) is 4.09. The average Bonchev–Trinajstić information content (AvgIpc) is 2.58. The lowest BCUT2D eigenvalue weighted by molar-refractivity contribution is 0.102. The predicted molar refractivity (Wildman–Crippen MR) is 91.4 cm³/mol. The largest absolute Gasteiger partial charge is 0.354 e. The predicted octanol–water partition coefficient (Wildman–Crippen LogP) is 0.179. The van der Waals surface area contributed by atoms with Gasteiger partial charge in [-0.1, -0.05) is 0 Å². The molecule has 1 saturated heterocycles. The molecular weight excluding hydrogens is 308 g/mol. The Morgan fingerprint density at radius 3 is 2.67 bits per heavy atom. The molecule has 1 aliphatic rings. The van der Waals surface area contributed by atoms with E-state index >= 15 is 0 Å². The number of amides is 1. The van der Waals surface area contributed by atoms with Gasteiger partial charge in [-0.05, 0) is 19.2 Å². The third kappa shape index (κ3) is 3.43. The molecular formula is C16H20N6O2. The fourth-order valence-electron chi connectivity index (χ4n) is 2.58. The molecule has 3 heterocycles. The number of rotatable bonds is 3. The highest BCUT2D eigenvalue weighted by Gasteiger charge is 2.17. The number of nitrogens with one attached hydrogen (secondary N) is 1. The normalized spacial score (nSPS) is 15.3. The topological polar surface area (TPSA) is 83.4 Å². The lowest BCUT2D eigenvalue weighted by atomic mass is 10.2. The molecule has 1 N–H and O–H groups in total. The van der Waals surface area contributed by atoms with Gasteiger partial charge in [0.05, 0.1) is 0 Å². The Morgan fingerprint density at radius 1 is 1.17 bits per heavy atom. The Bertz CT molecular complexity index is 795. The van der Waals surface area contributed by atoms with Gasteiger partial charge in [0.2, 0.25) is 0 Å². The van der Waals surface area contributed by atoms with Gasteiger partial charge in [-0.3, -0.25) is 9.59 Å². The number of piperazine rings is 1. The molecule has 1 amide bonds. The summed E-state index contributed by atoms with van der Waals surface area (Å²) in [4.78, 5) is 37.1. The molecule has 24 heavy (non-hydrogen) atoms. The van der Waals surface area contributed by atoms with Crippen molar-refractivity contribution in [2.24, 2.45) is 7.05 Å². The number of carbonyl (C=O) groups is 1. The van der Waals surface area contributed by atoms with Gasteiger partial charge >= 0.3 is 0 Å². The smallest absolute Gasteiger partial charge is 0.263 e. The van der Waals surface area contributed by atoms with Crippen LogP contribution in [0, 0.1) is 0 Å². The van der Waals surface area contributed by atoms with E-state index in [1.165, 1.54) is 17.0 Å². The monoisotopic (exact) mass is 328 g/mol. The van der Waals surface area contributed by atoms with Crippen molar-refractivity contribution in [3.05, 3.63) is 46.6 Å². The summed E-state index contributed by atoms with van der Waals surface area (Å²) in [6, 6.07) is 4.89. The second kappa shape index (κ2) is 6.79. The Labute approximate surface area is 139 Å². The van der Waals surface area contributed by atoms with E-state index < -0.39 is 5.91 Å². The van der Waals surface area contributed by atoms with Crippen molar-refractivity contribution in [1.29, 1.82) is 0 Å². The summed E-state index contributed by atoms with van der Waals surface area (Å²) in [7, 11) is 3.69. The van der Waals surface area contributed by atoms with E-state index in [0.29, 0.717) is 5.82 Å². The molecule has 0 unspecified atom stereocenters. The van der Waals surface area contributed by atoms with Crippen molar-refractivity contribution in [2.75, 3.05) is 43.4 Å². The van der Waals surface area contributed by atoms with E-state index in [1.54, 1.807) is 25.4 Å². The van der Waals surface area contributed by atoms with Crippen LogP contribution in [-0.2, 0) is 7.05 Å². The van der Waals surface area contributed by atoms with Gasteiger partial charge in [0.25, 0.3) is 11.5 Å². The zero-order valence-corrected chi connectivity index (χ0v) is 13.8. The van der Waals surface area contributed by atoms with Crippen LogP contribution in [0.25, 0.3) is 0 Å². The quantitative estimate of drug-likeness (QED) is 0.865. The van der Waals surface area contributed by atoms with Crippen LogP contribution < -0.4 is 15.8 Å². The third-order valence-electron chi connectivity index (χ3n) is 4.09. The summed E-state index contributed by atoms with van der Waals surface area (Å²) >= 11 is 0. The van der Waals surface area contributed by atoms with Crippen molar-refractivity contribution in [2.45, 2.75) is 0 Å². The first-order valence-corrected chi connectivity index (χ1v) is 7.77. The van der Waals surface area contributed by atoms with Crippen LogP contribution in [-0.4, -0.2) is 58.6 Å². The van der Waals surface area contributed by atoms with Crippen molar-refractivity contribution in [1.82, 2.24) is 19.4 Å². The highest BCUT2D eigenvalue weighted by atomic mass is 16.2. The number of pyridine rings is 1. The van der Waals surface area contributed by atoms with Crippen molar-refractivity contribution in [3.63, 3.8) is 0 Å². The standard InChI is InChI=1S/C16H20N6O2/c1-20-6-8-22(9-7-20)14-10-13(17-11-18-14)19-15(23)12-4-3-5-21(2)16(12)24/h3-5,10-11H,6-9H2,1-2H3,(H,17,18,19,23). The van der Waals surface area contributed by atoms with Gasteiger partial charge in [-0.15, -0.1) is 0 Å². The zero-order valence-electron chi connectivity index (χ0n) is 13.8. The fourth-order valence-corrected chi connectivity index (χ4v) is 2.58. The Kier molecular flexibility index (Phi) is 4.57. The first-order valence-electron chi connectivity index (χ1n) is 7.77. The van der Waals surface area contributed by atoms with Gasteiger partial charge < -0.3 is 19.7 Å². The highest BCUT2D eigenvalue weighted by Crippen LogP contribution is 2.16. The van der Waals surface area contributed by atoms with Crippen LogP contribution in [0.15, 0.2) is 35.5 Å². The number of aromatic nitrogens is 3. The average molecular weight is 328 g/mol. The van der Waals surface area contributed by atoms with Crippen LogP contribution in [0.5, 0.6) is 0 Å². The van der Waals surface area contributed by atoms with Gasteiger partial charge in [-0.2, -0.15) is 0 Å². The van der Waals surface area contributed by atoms with Crippen LogP contribution in [0.2, 0.25) is 0 Å². The molecule has 126 valence electrons. The maximum atomic E-state index is 12.3. The number of anilines is 2. The van der Waals surface area contributed by atoms with Crippen LogP contribution >= 0.6 is 0 Å². The van der Waals surface area contributed by atoms with Gasteiger partial charge in [0.15, 0.2) is 0 Å². The summed E-state index contributed by atoms with van der Waals surface area (Å²) in [5.41, 5.74) is -0.261. The molecule has 8 nitrogen and oxygen atoms in total. The van der Waals surface area contributed by atoms with Crippen molar-refractivity contribution in [3.8, 4) is 0 Å². The molecule has 0 saturated carbocycles. The first-order chi connectivity index (χ1) is 11.5. The molecule has 0 spiro atoms. The zero-order chi connectivity index (χ0) is 17.1. The summed E-state index contributed by atoms with van der Waals surface area (Å²) in [5, 5.41) is 2.67. The van der Waals surface area contributed by atoms with E-state index in [0.717, 1.165) is 32.0 Å². The maximum Gasteiger partial charge on any atom is 0.263 e. The molecule has 2 aromatic rings. The minimum Gasteiger partial charge on any atom is -0.354 e. The molecule has 2 aromatic heterocycles. The van der Waals surface area contributed by atoms with Gasteiger partial charge in [0.1, 0.15) is 23.5 Å². The molecule has 0 aromatic carbocycles. The van der Waals surface area contributed by atoms with Crippen molar-refractivity contribution >= 4 is 17.5 Å². The van der Waals surface area contributed by atoms with Crippen LogP contribution in [0.4, 0.5) is 11.6 Å².